The molecule has 0 aliphatic rings. The molecule has 1 atom stereocenters. The zero-order chi connectivity index (χ0) is 18.2. The average molecular weight is 353 g/mol. The minimum atomic E-state index is -0.736. The Morgan fingerprint density at radius 2 is 1.72 bits per heavy atom. The second kappa shape index (κ2) is 8.90. The van der Waals surface area contributed by atoms with Gasteiger partial charge in [-0.15, -0.1) is 0 Å². The van der Waals surface area contributed by atoms with Crippen molar-refractivity contribution in [2.24, 2.45) is 0 Å². The van der Waals surface area contributed by atoms with E-state index in [1.165, 1.54) is 0 Å². The number of hydrogen-bond acceptors (Lipinski definition) is 4. The Bertz CT molecular complexity index is 797. The Hall–Kier alpha value is -2.78. The van der Waals surface area contributed by atoms with Gasteiger partial charge in [-0.2, -0.15) is 5.26 Å². The van der Waals surface area contributed by atoms with Gasteiger partial charge in [0.05, 0.1) is 0 Å². The zero-order valence-corrected chi connectivity index (χ0v) is 14.9. The van der Waals surface area contributed by atoms with Crippen LogP contribution in [0.15, 0.2) is 53.4 Å². The van der Waals surface area contributed by atoms with E-state index >= 15 is 0 Å². The molecule has 0 spiro atoms. The van der Waals surface area contributed by atoms with Gasteiger partial charge in [-0.3, -0.25) is 9.59 Å². The SMILES string of the molecule is CCC(C)c1ccccc1NC(=O)C(=O)Nc1ccc(SC#N)cc1. The average Bonchev–Trinajstić information content (AvgIpc) is 2.63. The summed E-state index contributed by atoms with van der Waals surface area (Å²) in [6, 6.07) is 14.2. The van der Waals surface area contributed by atoms with Crippen molar-refractivity contribution < 1.29 is 9.59 Å². The highest BCUT2D eigenvalue weighted by Gasteiger charge is 2.17. The number of anilines is 2. The largest absolute Gasteiger partial charge is 0.318 e. The number of nitriles is 1. The van der Waals surface area contributed by atoms with Crippen LogP contribution in [0.5, 0.6) is 0 Å². The second-order valence-corrected chi connectivity index (χ2v) is 6.38. The first-order valence-corrected chi connectivity index (χ1v) is 8.74. The fraction of sp³-hybridized carbons (Fsp3) is 0.211. The quantitative estimate of drug-likeness (QED) is 0.476. The van der Waals surface area contributed by atoms with Crippen LogP contribution in [-0.4, -0.2) is 11.8 Å². The number of amides is 2. The van der Waals surface area contributed by atoms with Crippen LogP contribution in [0.1, 0.15) is 31.7 Å². The lowest BCUT2D eigenvalue weighted by atomic mass is 9.97. The van der Waals surface area contributed by atoms with E-state index in [2.05, 4.69) is 24.5 Å². The number of carbonyl (C=O) groups excluding carboxylic acids is 2. The Morgan fingerprint density at radius 3 is 2.36 bits per heavy atom. The Morgan fingerprint density at radius 1 is 1.08 bits per heavy atom. The monoisotopic (exact) mass is 353 g/mol. The summed E-state index contributed by atoms with van der Waals surface area (Å²) in [5, 5.41) is 15.8. The first-order chi connectivity index (χ1) is 12.0. The van der Waals surface area contributed by atoms with Crippen molar-refractivity contribution in [3.05, 3.63) is 54.1 Å². The fourth-order valence-corrected chi connectivity index (χ4v) is 2.66. The minimum Gasteiger partial charge on any atom is -0.318 e. The highest BCUT2D eigenvalue weighted by atomic mass is 32.2. The molecule has 2 aromatic carbocycles. The molecule has 6 heteroatoms. The van der Waals surface area contributed by atoms with Crippen molar-refractivity contribution in [3.8, 4) is 5.40 Å². The number of nitrogens with one attached hydrogen (secondary N) is 2. The molecule has 5 nitrogen and oxygen atoms in total. The summed E-state index contributed by atoms with van der Waals surface area (Å²) < 4.78 is 0. The van der Waals surface area contributed by atoms with Gasteiger partial charge in [-0.05, 0) is 60.0 Å². The van der Waals surface area contributed by atoms with Crippen LogP contribution in [0.4, 0.5) is 11.4 Å². The van der Waals surface area contributed by atoms with E-state index < -0.39 is 11.8 Å². The number of thioether (sulfide) groups is 1. The topological polar surface area (TPSA) is 82.0 Å². The lowest BCUT2D eigenvalue weighted by Gasteiger charge is -2.15. The molecule has 0 saturated carbocycles. The Kier molecular flexibility index (Phi) is 6.61. The van der Waals surface area contributed by atoms with Gasteiger partial charge in [0.25, 0.3) is 0 Å². The summed E-state index contributed by atoms with van der Waals surface area (Å²) in [5.41, 5.74) is 2.15. The number of thiocyanates is 1. The molecule has 1 unspecified atom stereocenters. The van der Waals surface area contributed by atoms with Crippen molar-refractivity contribution in [1.29, 1.82) is 5.26 Å². The molecule has 0 heterocycles. The maximum atomic E-state index is 12.2. The Balaban J connectivity index is 2.04. The molecular weight excluding hydrogens is 334 g/mol. The molecule has 0 radical (unpaired) electrons. The molecule has 2 aromatic rings. The first kappa shape index (κ1) is 18.6. The van der Waals surface area contributed by atoms with E-state index in [0.29, 0.717) is 11.4 Å². The van der Waals surface area contributed by atoms with Gasteiger partial charge in [0, 0.05) is 16.3 Å². The third-order valence-electron chi connectivity index (χ3n) is 3.83. The van der Waals surface area contributed by atoms with Crippen molar-refractivity contribution in [2.45, 2.75) is 31.1 Å². The molecule has 0 fully saturated rings. The standard InChI is InChI=1S/C19H19N3O2S/c1-3-13(2)16-6-4-5-7-17(16)22-19(24)18(23)21-14-8-10-15(11-9-14)25-12-20/h4-11,13H,3H2,1-2H3,(H,21,23)(H,22,24). The molecule has 0 saturated heterocycles. The molecule has 0 aliphatic heterocycles. The smallest absolute Gasteiger partial charge is 0.314 e. The molecule has 0 aromatic heterocycles. The van der Waals surface area contributed by atoms with Gasteiger partial charge in [0.1, 0.15) is 5.40 Å². The Labute approximate surface area is 151 Å². The van der Waals surface area contributed by atoms with E-state index in [0.717, 1.165) is 28.6 Å². The minimum absolute atomic E-state index is 0.282. The molecule has 2 N–H and O–H groups in total. The summed E-state index contributed by atoms with van der Waals surface area (Å²) in [6.45, 7) is 4.15. The van der Waals surface area contributed by atoms with Gasteiger partial charge in [-0.25, -0.2) is 0 Å². The number of para-hydroxylation sites is 1. The number of carbonyl (C=O) groups is 2. The highest BCUT2D eigenvalue weighted by Crippen LogP contribution is 2.26. The lowest BCUT2D eigenvalue weighted by molar-refractivity contribution is -0.133. The third-order valence-corrected chi connectivity index (χ3v) is 4.43. The summed E-state index contributed by atoms with van der Waals surface area (Å²) in [7, 11) is 0. The normalized spacial score (nSPS) is 11.2. The lowest BCUT2D eigenvalue weighted by Crippen LogP contribution is -2.29. The van der Waals surface area contributed by atoms with Crippen LogP contribution in [0, 0.1) is 10.7 Å². The first-order valence-electron chi connectivity index (χ1n) is 7.92. The van der Waals surface area contributed by atoms with Crippen molar-refractivity contribution >= 4 is 35.0 Å². The zero-order valence-electron chi connectivity index (χ0n) is 14.1. The van der Waals surface area contributed by atoms with Crippen molar-refractivity contribution in [1.82, 2.24) is 0 Å². The van der Waals surface area contributed by atoms with Crippen LogP contribution in [-0.2, 0) is 9.59 Å². The van der Waals surface area contributed by atoms with Gasteiger partial charge in [0.15, 0.2) is 0 Å². The molecule has 25 heavy (non-hydrogen) atoms. The molecule has 2 rings (SSSR count). The summed E-state index contributed by atoms with van der Waals surface area (Å²) in [4.78, 5) is 25.0. The number of benzene rings is 2. The highest BCUT2D eigenvalue weighted by molar-refractivity contribution is 8.03. The van der Waals surface area contributed by atoms with E-state index in [1.54, 1.807) is 30.3 Å². The van der Waals surface area contributed by atoms with Crippen LogP contribution in [0.2, 0.25) is 0 Å². The van der Waals surface area contributed by atoms with E-state index in [9.17, 15) is 9.59 Å². The van der Waals surface area contributed by atoms with Gasteiger partial charge in [0.2, 0.25) is 0 Å². The van der Waals surface area contributed by atoms with Gasteiger partial charge < -0.3 is 10.6 Å². The maximum Gasteiger partial charge on any atom is 0.314 e. The predicted octanol–water partition coefficient (Wildman–Crippen LogP) is 4.35. The number of hydrogen-bond donors (Lipinski definition) is 2. The van der Waals surface area contributed by atoms with Crippen LogP contribution in [0.25, 0.3) is 0 Å². The van der Waals surface area contributed by atoms with Crippen LogP contribution < -0.4 is 10.6 Å². The predicted molar refractivity (Wildman–Crippen MR) is 100 cm³/mol. The van der Waals surface area contributed by atoms with Crippen LogP contribution in [0.3, 0.4) is 0 Å². The number of rotatable bonds is 5. The maximum absolute atomic E-state index is 12.2. The molecule has 0 aliphatic carbocycles. The van der Waals surface area contributed by atoms with E-state index in [-0.39, 0.29) is 5.92 Å². The molecule has 2 amide bonds. The van der Waals surface area contributed by atoms with E-state index in [1.807, 2.05) is 23.6 Å². The summed E-state index contributed by atoms with van der Waals surface area (Å²) >= 11 is 1.03. The summed E-state index contributed by atoms with van der Waals surface area (Å²) in [5.74, 6) is -1.17. The van der Waals surface area contributed by atoms with Crippen LogP contribution >= 0.6 is 11.8 Å². The third kappa shape index (κ3) is 5.10. The van der Waals surface area contributed by atoms with Gasteiger partial charge >= 0.3 is 11.8 Å². The molecular formula is C19H19N3O2S. The molecule has 128 valence electrons. The second-order valence-electron chi connectivity index (χ2n) is 5.52. The van der Waals surface area contributed by atoms with Crippen molar-refractivity contribution in [2.75, 3.05) is 10.6 Å². The fourth-order valence-electron chi connectivity index (χ4n) is 2.29. The number of nitrogens with zero attached hydrogens (tertiary/aromatic N) is 1. The molecule has 0 bridgehead atoms. The van der Waals surface area contributed by atoms with E-state index in [4.69, 9.17) is 5.26 Å². The van der Waals surface area contributed by atoms with Crippen molar-refractivity contribution in [3.63, 3.8) is 0 Å². The summed E-state index contributed by atoms with van der Waals surface area (Å²) in [6.07, 6.45) is 0.937. The van der Waals surface area contributed by atoms with Gasteiger partial charge in [-0.1, -0.05) is 32.0 Å².